The molecule has 0 aromatic rings. The van der Waals surface area contributed by atoms with Gasteiger partial charge in [0.15, 0.2) is 0 Å². The molecule has 3 aliphatic rings. The van der Waals surface area contributed by atoms with Crippen molar-refractivity contribution >= 4 is 5.91 Å². The fraction of sp³-hybridized carbons (Fsp3) is 0.929. The van der Waals surface area contributed by atoms with Gasteiger partial charge in [0.25, 0.3) is 0 Å². The molecule has 3 aliphatic heterocycles. The monoisotopic (exact) mass is 253 g/mol. The van der Waals surface area contributed by atoms with Gasteiger partial charge in [-0.05, 0) is 44.9 Å². The van der Waals surface area contributed by atoms with E-state index in [1.54, 1.807) is 0 Å². The maximum absolute atomic E-state index is 12.6. The van der Waals surface area contributed by atoms with Crippen LogP contribution < -0.4 is 0 Å². The SMILES string of the molecule is CC1CCC(CO)CN1C(=O)C1CC2CCC1O2. The Balaban J connectivity index is 1.67. The molecule has 1 N–H and O–H groups in total. The predicted molar refractivity (Wildman–Crippen MR) is 67.0 cm³/mol. The number of carbonyl (C=O) groups is 1. The van der Waals surface area contributed by atoms with Gasteiger partial charge in [-0.2, -0.15) is 0 Å². The Morgan fingerprint density at radius 2 is 2.17 bits per heavy atom. The Labute approximate surface area is 108 Å². The molecule has 18 heavy (non-hydrogen) atoms. The molecule has 3 fully saturated rings. The highest BCUT2D eigenvalue weighted by Gasteiger charge is 2.46. The highest BCUT2D eigenvalue weighted by atomic mass is 16.5. The molecule has 3 saturated heterocycles. The standard InChI is InChI=1S/C14H23NO3/c1-9-2-3-10(8-16)7-15(9)14(17)12-6-11-4-5-13(12)18-11/h9-13,16H,2-8H2,1H3. The number of nitrogens with zero attached hydrogens (tertiary/aromatic N) is 1. The highest BCUT2D eigenvalue weighted by molar-refractivity contribution is 5.80. The van der Waals surface area contributed by atoms with Gasteiger partial charge in [0.05, 0.1) is 18.1 Å². The molecular formula is C14H23NO3. The zero-order valence-corrected chi connectivity index (χ0v) is 11.0. The lowest BCUT2D eigenvalue weighted by Crippen LogP contribution is -2.50. The highest BCUT2D eigenvalue weighted by Crippen LogP contribution is 2.40. The number of hydrogen-bond acceptors (Lipinski definition) is 3. The maximum Gasteiger partial charge on any atom is 0.228 e. The second-order valence-corrected chi connectivity index (χ2v) is 6.18. The van der Waals surface area contributed by atoms with Crippen molar-refractivity contribution in [1.29, 1.82) is 0 Å². The van der Waals surface area contributed by atoms with Gasteiger partial charge in [-0.3, -0.25) is 4.79 Å². The van der Waals surface area contributed by atoms with E-state index in [4.69, 9.17) is 4.74 Å². The van der Waals surface area contributed by atoms with Crippen LogP contribution in [0, 0.1) is 11.8 Å². The first-order chi connectivity index (χ1) is 8.69. The quantitative estimate of drug-likeness (QED) is 0.804. The third-order valence-corrected chi connectivity index (χ3v) is 4.94. The van der Waals surface area contributed by atoms with Crippen LogP contribution in [0.4, 0.5) is 0 Å². The van der Waals surface area contributed by atoms with Gasteiger partial charge in [0.1, 0.15) is 0 Å². The first-order valence-corrected chi connectivity index (χ1v) is 7.26. The lowest BCUT2D eigenvalue weighted by atomic mass is 9.86. The third-order valence-electron chi connectivity index (χ3n) is 4.94. The van der Waals surface area contributed by atoms with Crippen molar-refractivity contribution in [2.75, 3.05) is 13.2 Å². The number of likely N-dealkylation sites (tertiary alicyclic amines) is 1. The number of hydrogen-bond donors (Lipinski definition) is 1. The topological polar surface area (TPSA) is 49.8 Å². The summed E-state index contributed by atoms with van der Waals surface area (Å²) >= 11 is 0. The molecule has 4 heteroatoms. The number of aliphatic hydroxyl groups is 1. The largest absolute Gasteiger partial charge is 0.396 e. The molecule has 0 aliphatic carbocycles. The lowest BCUT2D eigenvalue weighted by Gasteiger charge is -2.39. The van der Waals surface area contributed by atoms with Crippen molar-refractivity contribution in [2.45, 2.75) is 57.3 Å². The van der Waals surface area contributed by atoms with Crippen LogP contribution in [0.1, 0.15) is 39.0 Å². The average molecular weight is 253 g/mol. The minimum absolute atomic E-state index is 0.0867. The molecule has 0 saturated carbocycles. The summed E-state index contributed by atoms with van der Waals surface area (Å²) in [5, 5.41) is 9.28. The molecule has 3 rings (SSSR count). The number of carbonyl (C=O) groups excluding carboxylic acids is 1. The summed E-state index contributed by atoms with van der Waals surface area (Å²) in [4.78, 5) is 14.6. The summed E-state index contributed by atoms with van der Waals surface area (Å²) in [5.41, 5.74) is 0. The van der Waals surface area contributed by atoms with Gasteiger partial charge in [-0.25, -0.2) is 0 Å². The number of amides is 1. The van der Waals surface area contributed by atoms with Crippen LogP contribution >= 0.6 is 0 Å². The summed E-state index contributed by atoms with van der Waals surface area (Å²) in [6, 6.07) is 0.319. The van der Waals surface area contributed by atoms with Crippen LogP contribution in [0.25, 0.3) is 0 Å². The fourth-order valence-corrected chi connectivity index (χ4v) is 3.75. The second-order valence-electron chi connectivity index (χ2n) is 6.18. The summed E-state index contributed by atoms with van der Waals surface area (Å²) in [5.74, 6) is 0.626. The van der Waals surface area contributed by atoms with E-state index in [2.05, 4.69) is 6.92 Å². The van der Waals surface area contributed by atoms with Gasteiger partial charge in [-0.1, -0.05) is 0 Å². The zero-order valence-electron chi connectivity index (χ0n) is 11.0. The lowest BCUT2D eigenvalue weighted by molar-refractivity contribution is -0.142. The van der Waals surface area contributed by atoms with E-state index in [1.165, 1.54) is 0 Å². The Morgan fingerprint density at radius 3 is 2.78 bits per heavy atom. The smallest absolute Gasteiger partial charge is 0.228 e. The number of rotatable bonds is 2. The van der Waals surface area contributed by atoms with Gasteiger partial charge in [-0.15, -0.1) is 0 Å². The minimum Gasteiger partial charge on any atom is -0.396 e. The normalized spacial score (nSPS) is 43.4. The van der Waals surface area contributed by atoms with E-state index in [1.807, 2.05) is 4.90 Å². The van der Waals surface area contributed by atoms with E-state index in [0.29, 0.717) is 12.1 Å². The van der Waals surface area contributed by atoms with Crippen molar-refractivity contribution in [3.05, 3.63) is 0 Å². The number of fused-ring (bicyclic) bond motifs is 2. The van der Waals surface area contributed by atoms with E-state index >= 15 is 0 Å². The summed E-state index contributed by atoms with van der Waals surface area (Å²) in [6.07, 6.45) is 5.64. The molecule has 5 atom stereocenters. The van der Waals surface area contributed by atoms with Crippen LogP contribution in [0.15, 0.2) is 0 Å². The molecule has 0 spiro atoms. The van der Waals surface area contributed by atoms with Crippen LogP contribution in [-0.2, 0) is 9.53 Å². The molecule has 0 radical (unpaired) electrons. The summed E-state index contributed by atoms with van der Waals surface area (Å²) < 4.78 is 5.79. The predicted octanol–water partition coefficient (Wildman–Crippen LogP) is 1.17. The molecule has 1 amide bonds. The second kappa shape index (κ2) is 4.82. The summed E-state index contributed by atoms with van der Waals surface area (Å²) in [6.45, 7) is 3.05. The van der Waals surface area contributed by atoms with E-state index in [9.17, 15) is 9.90 Å². The minimum atomic E-state index is 0.0867. The summed E-state index contributed by atoms with van der Waals surface area (Å²) in [7, 11) is 0. The molecule has 2 bridgehead atoms. The van der Waals surface area contributed by atoms with Crippen LogP contribution in [0.3, 0.4) is 0 Å². The average Bonchev–Trinajstić information content (AvgIpc) is 3.01. The van der Waals surface area contributed by atoms with Crippen LogP contribution in [-0.4, -0.2) is 47.3 Å². The molecule has 0 aromatic carbocycles. The molecule has 3 heterocycles. The molecule has 102 valence electrons. The van der Waals surface area contributed by atoms with Gasteiger partial charge in [0.2, 0.25) is 5.91 Å². The number of ether oxygens (including phenoxy) is 1. The first kappa shape index (κ1) is 12.4. The van der Waals surface area contributed by atoms with E-state index in [-0.39, 0.29) is 30.5 Å². The Morgan fingerprint density at radius 1 is 1.33 bits per heavy atom. The molecular weight excluding hydrogens is 230 g/mol. The van der Waals surface area contributed by atoms with Gasteiger partial charge >= 0.3 is 0 Å². The molecule has 4 nitrogen and oxygen atoms in total. The van der Waals surface area contributed by atoms with Crippen molar-refractivity contribution < 1.29 is 14.6 Å². The van der Waals surface area contributed by atoms with E-state index < -0.39 is 0 Å². The molecule has 0 aromatic heterocycles. The van der Waals surface area contributed by atoms with Crippen LogP contribution in [0.2, 0.25) is 0 Å². The number of piperidine rings is 1. The van der Waals surface area contributed by atoms with Gasteiger partial charge < -0.3 is 14.7 Å². The number of aliphatic hydroxyl groups excluding tert-OH is 1. The molecule has 5 unspecified atom stereocenters. The van der Waals surface area contributed by atoms with Crippen LogP contribution in [0.5, 0.6) is 0 Å². The maximum atomic E-state index is 12.6. The Kier molecular flexibility index (Phi) is 3.32. The van der Waals surface area contributed by atoms with Crippen molar-refractivity contribution in [3.8, 4) is 0 Å². The Hall–Kier alpha value is -0.610. The van der Waals surface area contributed by atoms with Gasteiger partial charge in [0, 0.05) is 19.2 Å². The fourth-order valence-electron chi connectivity index (χ4n) is 3.75. The third kappa shape index (κ3) is 2.05. The zero-order chi connectivity index (χ0) is 12.7. The van der Waals surface area contributed by atoms with Crippen molar-refractivity contribution in [3.63, 3.8) is 0 Å². The first-order valence-electron chi connectivity index (χ1n) is 7.26. The van der Waals surface area contributed by atoms with E-state index in [0.717, 1.165) is 38.6 Å². The van der Waals surface area contributed by atoms with Crippen molar-refractivity contribution in [2.24, 2.45) is 11.8 Å². The Bertz CT molecular complexity index is 333. The van der Waals surface area contributed by atoms with Crippen molar-refractivity contribution in [1.82, 2.24) is 4.90 Å².